The number of benzene rings is 2. The van der Waals surface area contributed by atoms with E-state index in [0.717, 1.165) is 16.7 Å². The molecule has 1 aromatic heterocycles. The molecule has 1 atom stereocenters. The Morgan fingerprint density at radius 2 is 1.81 bits per heavy atom. The Morgan fingerprint density at radius 3 is 2.44 bits per heavy atom. The third-order valence-electron chi connectivity index (χ3n) is 5.75. The summed E-state index contributed by atoms with van der Waals surface area (Å²) in [6.45, 7) is 4.36. The molecule has 0 aliphatic carbocycles. The SMILES string of the molecule is COc1ccccc1CN1C(=O)C(O)=C(C(=O)c2ccco2)C1c1ccc(C(C)C)cc1. The number of methoxy groups -OCH3 is 1. The summed E-state index contributed by atoms with van der Waals surface area (Å²) in [6, 6.07) is 17.5. The molecule has 0 bridgehead atoms. The zero-order valence-corrected chi connectivity index (χ0v) is 18.2. The number of hydrogen-bond acceptors (Lipinski definition) is 5. The molecular weight excluding hydrogens is 406 g/mol. The van der Waals surface area contributed by atoms with E-state index in [1.54, 1.807) is 13.2 Å². The molecule has 164 valence electrons. The van der Waals surface area contributed by atoms with Crippen molar-refractivity contribution < 1.29 is 23.8 Å². The Morgan fingerprint density at radius 1 is 1.09 bits per heavy atom. The van der Waals surface area contributed by atoms with Gasteiger partial charge in [0.05, 0.1) is 31.5 Å². The van der Waals surface area contributed by atoms with Crippen LogP contribution in [-0.2, 0) is 11.3 Å². The summed E-state index contributed by atoms with van der Waals surface area (Å²) >= 11 is 0. The lowest BCUT2D eigenvalue weighted by Gasteiger charge is -2.27. The number of furan rings is 1. The van der Waals surface area contributed by atoms with E-state index < -0.39 is 23.5 Å². The number of aliphatic hydroxyl groups is 1. The lowest BCUT2D eigenvalue weighted by molar-refractivity contribution is -0.130. The fourth-order valence-corrected chi connectivity index (χ4v) is 4.02. The zero-order chi connectivity index (χ0) is 22.8. The van der Waals surface area contributed by atoms with Crippen LogP contribution < -0.4 is 4.74 Å². The Balaban J connectivity index is 1.80. The van der Waals surface area contributed by atoms with E-state index in [9.17, 15) is 14.7 Å². The van der Waals surface area contributed by atoms with E-state index in [0.29, 0.717) is 11.7 Å². The first-order valence-corrected chi connectivity index (χ1v) is 10.5. The maximum absolute atomic E-state index is 13.2. The number of carbonyl (C=O) groups excluding carboxylic acids is 2. The maximum atomic E-state index is 13.2. The summed E-state index contributed by atoms with van der Waals surface area (Å²) in [6.07, 6.45) is 1.39. The minimum Gasteiger partial charge on any atom is -0.503 e. The number of Topliss-reactive ketones (excluding diaryl/α,β-unsaturated/α-hetero) is 1. The lowest BCUT2D eigenvalue weighted by Crippen LogP contribution is -2.30. The van der Waals surface area contributed by atoms with Crippen molar-refractivity contribution in [3.8, 4) is 5.75 Å². The van der Waals surface area contributed by atoms with E-state index in [2.05, 4.69) is 13.8 Å². The van der Waals surface area contributed by atoms with Crippen molar-refractivity contribution in [1.29, 1.82) is 0 Å². The number of para-hydroxylation sites is 1. The zero-order valence-electron chi connectivity index (χ0n) is 18.2. The number of aliphatic hydroxyl groups excluding tert-OH is 1. The first kappa shape index (κ1) is 21.4. The van der Waals surface area contributed by atoms with Crippen LogP contribution in [0.15, 0.2) is 82.7 Å². The highest BCUT2D eigenvalue weighted by Crippen LogP contribution is 2.41. The molecule has 0 fully saturated rings. The second kappa shape index (κ2) is 8.75. The topological polar surface area (TPSA) is 80.0 Å². The minimum absolute atomic E-state index is 0.0112. The predicted octanol–water partition coefficient (Wildman–Crippen LogP) is 5.19. The molecule has 0 spiro atoms. The first-order chi connectivity index (χ1) is 15.4. The maximum Gasteiger partial charge on any atom is 0.290 e. The van der Waals surface area contributed by atoms with Gasteiger partial charge in [0.25, 0.3) is 5.91 Å². The molecule has 1 aliphatic rings. The quantitative estimate of drug-likeness (QED) is 0.521. The van der Waals surface area contributed by atoms with Gasteiger partial charge in [-0.3, -0.25) is 9.59 Å². The highest BCUT2D eigenvalue weighted by molar-refractivity contribution is 6.15. The van der Waals surface area contributed by atoms with Crippen molar-refractivity contribution in [3.63, 3.8) is 0 Å². The average molecular weight is 431 g/mol. The summed E-state index contributed by atoms with van der Waals surface area (Å²) in [7, 11) is 1.56. The van der Waals surface area contributed by atoms with Crippen molar-refractivity contribution in [2.24, 2.45) is 0 Å². The van der Waals surface area contributed by atoms with Crippen molar-refractivity contribution in [2.45, 2.75) is 32.4 Å². The van der Waals surface area contributed by atoms with E-state index >= 15 is 0 Å². The van der Waals surface area contributed by atoms with Crippen LogP contribution in [0.2, 0.25) is 0 Å². The van der Waals surface area contributed by atoms with E-state index in [4.69, 9.17) is 9.15 Å². The molecule has 2 heterocycles. The third kappa shape index (κ3) is 3.80. The van der Waals surface area contributed by atoms with Crippen molar-refractivity contribution in [2.75, 3.05) is 7.11 Å². The average Bonchev–Trinajstić information content (AvgIpc) is 3.42. The molecule has 32 heavy (non-hydrogen) atoms. The van der Waals surface area contributed by atoms with Crippen LogP contribution in [0.4, 0.5) is 0 Å². The van der Waals surface area contributed by atoms with Gasteiger partial charge in [-0.15, -0.1) is 0 Å². The Labute approximate surface area is 186 Å². The third-order valence-corrected chi connectivity index (χ3v) is 5.75. The number of hydrogen-bond donors (Lipinski definition) is 1. The van der Waals surface area contributed by atoms with Crippen LogP contribution in [-0.4, -0.2) is 28.8 Å². The van der Waals surface area contributed by atoms with Gasteiger partial charge in [-0.25, -0.2) is 0 Å². The molecule has 0 saturated heterocycles. The number of rotatable bonds is 7. The number of ketones is 1. The standard InChI is InChI=1S/C26H25NO5/c1-16(2)17-10-12-18(13-11-17)23-22(24(28)21-9-6-14-32-21)25(29)26(30)27(23)15-19-7-4-5-8-20(19)31-3/h4-14,16,23,29H,15H2,1-3H3. The molecule has 1 unspecified atom stereocenters. The van der Waals surface area contributed by atoms with Crippen LogP contribution in [0, 0.1) is 0 Å². The number of nitrogens with zero attached hydrogens (tertiary/aromatic N) is 1. The predicted molar refractivity (Wildman–Crippen MR) is 120 cm³/mol. The van der Waals surface area contributed by atoms with Crippen LogP contribution in [0.25, 0.3) is 0 Å². The van der Waals surface area contributed by atoms with Crippen LogP contribution >= 0.6 is 0 Å². The van der Waals surface area contributed by atoms with Gasteiger partial charge in [0.2, 0.25) is 5.78 Å². The van der Waals surface area contributed by atoms with Crippen molar-refractivity contribution in [1.82, 2.24) is 4.90 Å². The van der Waals surface area contributed by atoms with Gasteiger partial charge in [0.15, 0.2) is 11.5 Å². The van der Waals surface area contributed by atoms with Crippen LogP contribution in [0.1, 0.15) is 53.1 Å². The Bertz CT molecular complexity index is 1160. The smallest absolute Gasteiger partial charge is 0.290 e. The molecule has 6 heteroatoms. The van der Waals surface area contributed by atoms with Crippen LogP contribution in [0.5, 0.6) is 5.75 Å². The van der Waals surface area contributed by atoms with Crippen molar-refractivity contribution in [3.05, 3.63) is 101 Å². The molecule has 2 aromatic carbocycles. The van der Waals surface area contributed by atoms with E-state index in [1.165, 1.54) is 17.2 Å². The normalized spacial score (nSPS) is 16.2. The molecule has 4 rings (SSSR count). The van der Waals surface area contributed by atoms with Crippen LogP contribution in [0.3, 0.4) is 0 Å². The summed E-state index contributed by atoms with van der Waals surface area (Å²) in [5.41, 5.74) is 2.65. The molecule has 6 nitrogen and oxygen atoms in total. The second-order valence-electron chi connectivity index (χ2n) is 8.04. The number of amides is 1. The van der Waals surface area contributed by atoms with E-state index in [-0.39, 0.29) is 17.9 Å². The molecule has 1 N–H and O–H groups in total. The minimum atomic E-state index is -0.758. The summed E-state index contributed by atoms with van der Waals surface area (Å²) in [4.78, 5) is 27.9. The van der Waals surface area contributed by atoms with Gasteiger partial charge in [-0.1, -0.05) is 56.3 Å². The monoisotopic (exact) mass is 431 g/mol. The first-order valence-electron chi connectivity index (χ1n) is 10.5. The highest BCUT2D eigenvalue weighted by Gasteiger charge is 2.44. The molecule has 1 aliphatic heterocycles. The number of ether oxygens (including phenoxy) is 1. The Hall–Kier alpha value is -3.80. The molecular formula is C26H25NO5. The lowest BCUT2D eigenvalue weighted by atomic mass is 9.92. The van der Waals surface area contributed by atoms with Gasteiger partial charge in [0, 0.05) is 5.56 Å². The molecule has 1 amide bonds. The molecule has 0 saturated carbocycles. The molecule has 3 aromatic rings. The van der Waals surface area contributed by atoms with E-state index in [1.807, 2.05) is 48.5 Å². The highest BCUT2D eigenvalue weighted by atomic mass is 16.5. The van der Waals surface area contributed by atoms with Gasteiger partial charge in [-0.2, -0.15) is 0 Å². The van der Waals surface area contributed by atoms with Gasteiger partial charge >= 0.3 is 0 Å². The summed E-state index contributed by atoms with van der Waals surface area (Å²) in [5, 5.41) is 10.8. The largest absolute Gasteiger partial charge is 0.503 e. The number of carbonyl (C=O) groups is 2. The summed E-state index contributed by atoms with van der Waals surface area (Å²) < 4.78 is 10.7. The van der Waals surface area contributed by atoms with Gasteiger partial charge in [0.1, 0.15) is 5.75 Å². The summed E-state index contributed by atoms with van der Waals surface area (Å²) in [5.74, 6) is -0.641. The fourth-order valence-electron chi connectivity index (χ4n) is 4.02. The fraction of sp³-hybridized carbons (Fsp3) is 0.231. The Kier molecular flexibility index (Phi) is 5.86. The van der Waals surface area contributed by atoms with Gasteiger partial charge in [-0.05, 0) is 35.2 Å². The second-order valence-corrected chi connectivity index (χ2v) is 8.04. The van der Waals surface area contributed by atoms with Crippen molar-refractivity contribution >= 4 is 11.7 Å². The van der Waals surface area contributed by atoms with Gasteiger partial charge < -0.3 is 19.2 Å². The molecule has 0 radical (unpaired) electrons.